The first-order valence-corrected chi connectivity index (χ1v) is 10.0. The quantitative estimate of drug-likeness (QED) is 0.834. The number of aromatic nitrogens is 1. The monoisotopic (exact) mass is 331 g/mol. The van der Waals surface area contributed by atoms with Gasteiger partial charge in [-0.05, 0) is 25.2 Å². The highest BCUT2D eigenvalue weighted by Gasteiger charge is 2.32. The molecule has 0 spiro atoms. The van der Waals surface area contributed by atoms with Crippen LogP contribution in [0.4, 0.5) is 0 Å². The van der Waals surface area contributed by atoms with Gasteiger partial charge >= 0.3 is 0 Å². The fourth-order valence-electron chi connectivity index (χ4n) is 2.89. The molecule has 0 atom stereocenters. The van der Waals surface area contributed by atoms with Gasteiger partial charge in [0, 0.05) is 36.8 Å². The summed E-state index contributed by atoms with van der Waals surface area (Å²) in [5.74, 6) is 0. The lowest BCUT2D eigenvalue weighted by molar-refractivity contribution is 0.395. The minimum Gasteiger partial charge on any atom is -0.352 e. The first-order chi connectivity index (χ1) is 9.92. The van der Waals surface area contributed by atoms with Crippen molar-refractivity contribution in [2.24, 2.45) is 12.8 Å². The summed E-state index contributed by atoms with van der Waals surface area (Å²) in [6.45, 7) is 0.837. The lowest BCUT2D eigenvalue weighted by Gasteiger charge is -2.35. The maximum absolute atomic E-state index is 12.4. The molecule has 0 bridgehead atoms. The molecule has 0 aliphatic heterocycles. The van der Waals surface area contributed by atoms with Crippen LogP contribution in [0.5, 0.6) is 0 Å². The van der Waals surface area contributed by atoms with Gasteiger partial charge in [-0.2, -0.15) is 11.8 Å². The third kappa shape index (κ3) is 3.83. The standard InChI is InChI=1S/C14H25N3O2S2/c1-17-10-13(8-12(17)9-15)21(18,19)16-11-14(20-2)6-4-3-5-7-14/h8,10,16H,3-7,9,11,15H2,1-2H3. The normalized spacial score (nSPS) is 18.8. The van der Waals surface area contributed by atoms with Crippen molar-refractivity contribution in [1.82, 2.24) is 9.29 Å². The van der Waals surface area contributed by atoms with Gasteiger partial charge in [0.1, 0.15) is 0 Å². The molecule has 2 rings (SSSR count). The second kappa shape index (κ2) is 6.73. The highest BCUT2D eigenvalue weighted by molar-refractivity contribution is 8.00. The van der Waals surface area contributed by atoms with Gasteiger partial charge in [0.05, 0.1) is 4.90 Å². The van der Waals surface area contributed by atoms with Gasteiger partial charge in [-0.25, -0.2) is 13.1 Å². The third-order valence-electron chi connectivity index (χ3n) is 4.38. The molecule has 7 heteroatoms. The molecule has 120 valence electrons. The predicted octanol–water partition coefficient (Wildman–Crippen LogP) is 1.83. The summed E-state index contributed by atoms with van der Waals surface area (Å²) >= 11 is 1.79. The Balaban J connectivity index is 2.09. The topological polar surface area (TPSA) is 77.1 Å². The van der Waals surface area contributed by atoms with Crippen LogP contribution in [0.1, 0.15) is 37.8 Å². The van der Waals surface area contributed by atoms with E-state index in [0.29, 0.717) is 18.0 Å². The second-order valence-electron chi connectivity index (χ2n) is 5.75. The Labute approximate surface area is 131 Å². The number of aryl methyl sites for hydroxylation is 1. The van der Waals surface area contributed by atoms with E-state index >= 15 is 0 Å². The van der Waals surface area contributed by atoms with Gasteiger partial charge in [-0.15, -0.1) is 0 Å². The predicted molar refractivity (Wildman–Crippen MR) is 87.8 cm³/mol. The SMILES string of the molecule is CSC1(CNS(=O)(=O)c2cc(CN)n(C)c2)CCCCC1. The summed E-state index contributed by atoms with van der Waals surface area (Å²) in [5, 5.41) is 0. The van der Waals surface area contributed by atoms with Crippen LogP contribution in [0.15, 0.2) is 17.2 Å². The summed E-state index contributed by atoms with van der Waals surface area (Å²) in [6, 6.07) is 1.65. The summed E-state index contributed by atoms with van der Waals surface area (Å²) in [6.07, 6.45) is 9.49. The van der Waals surface area contributed by atoms with Crippen LogP contribution in [0, 0.1) is 0 Å². The van der Waals surface area contributed by atoms with Gasteiger partial charge in [0.15, 0.2) is 0 Å². The van der Waals surface area contributed by atoms with E-state index in [2.05, 4.69) is 11.0 Å². The van der Waals surface area contributed by atoms with E-state index in [1.54, 1.807) is 28.6 Å². The van der Waals surface area contributed by atoms with Gasteiger partial charge in [0.25, 0.3) is 0 Å². The van der Waals surface area contributed by atoms with E-state index in [9.17, 15) is 8.42 Å². The summed E-state index contributed by atoms with van der Waals surface area (Å²) < 4.78 is 29.5. The van der Waals surface area contributed by atoms with Gasteiger partial charge in [-0.3, -0.25) is 0 Å². The zero-order valence-electron chi connectivity index (χ0n) is 12.8. The molecule has 1 aliphatic carbocycles. The summed E-state index contributed by atoms with van der Waals surface area (Å²) in [4.78, 5) is 0.303. The van der Waals surface area contributed by atoms with E-state index in [0.717, 1.165) is 18.5 Å². The molecule has 1 heterocycles. The molecule has 1 aromatic heterocycles. The number of nitrogens with one attached hydrogen (secondary N) is 1. The van der Waals surface area contributed by atoms with Crippen molar-refractivity contribution in [3.8, 4) is 0 Å². The van der Waals surface area contributed by atoms with E-state index in [1.165, 1.54) is 19.3 Å². The molecule has 0 amide bonds. The van der Waals surface area contributed by atoms with Crippen LogP contribution in [-0.4, -0.2) is 30.5 Å². The van der Waals surface area contributed by atoms with Crippen LogP contribution in [0.25, 0.3) is 0 Å². The largest absolute Gasteiger partial charge is 0.352 e. The molecule has 1 fully saturated rings. The van der Waals surface area contributed by atoms with Crippen molar-refractivity contribution >= 4 is 21.8 Å². The molecular formula is C14H25N3O2S2. The fraction of sp³-hybridized carbons (Fsp3) is 0.714. The van der Waals surface area contributed by atoms with Crippen LogP contribution < -0.4 is 10.5 Å². The van der Waals surface area contributed by atoms with E-state index in [4.69, 9.17) is 5.73 Å². The number of thioether (sulfide) groups is 1. The van der Waals surface area contributed by atoms with E-state index < -0.39 is 10.0 Å². The number of rotatable bonds is 6. The highest BCUT2D eigenvalue weighted by Crippen LogP contribution is 2.38. The average molecular weight is 332 g/mol. The first-order valence-electron chi connectivity index (χ1n) is 7.33. The molecule has 0 aromatic carbocycles. The first kappa shape index (κ1) is 16.9. The molecule has 1 aliphatic rings. The number of sulfonamides is 1. The van der Waals surface area contributed by atoms with Gasteiger partial charge in [0.2, 0.25) is 10.0 Å². The van der Waals surface area contributed by atoms with Crippen molar-refractivity contribution in [3.05, 3.63) is 18.0 Å². The van der Waals surface area contributed by atoms with E-state index in [-0.39, 0.29) is 4.75 Å². The molecule has 5 nitrogen and oxygen atoms in total. The third-order valence-corrected chi connectivity index (χ3v) is 7.17. The molecular weight excluding hydrogens is 306 g/mol. The smallest absolute Gasteiger partial charge is 0.242 e. The number of nitrogens with zero attached hydrogens (tertiary/aromatic N) is 1. The van der Waals surface area contributed by atoms with Crippen molar-refractivity contribution in [3.63, 3.8) is 0 Å². The minimum atomic E-state index is -3.46. The molecule has 1 aromatic rings. The lowest BCUT2D eigenvalue weighted by atomic mass is 9.88. The Morgan fingerprint density at radius 3 is 2.57 bits per heavy atom. The molecule has 3 N–H and O–H groups in total. The number of hydrogen-bond donors (Lipinski definition) is 2. The Bertz CT molecular complexity index is 575. The molecule has 1 saturated carbocycles. The molecule has 0 saturated heterocycles. The maximum Gasteiger partial charge on any atom is 0.242 e. The minimum absolute atomic E-state index is 0.0524. The van der Waals surface area contributed by atoms with Crippen molar-refractivity contribution in [1.29, 1.82) is 0 Å². The highest BCUT2D eigenvalue weighted by atomic mass is 32.2. The van der Waals surface area contributed by atoms with Crippen molar-refractivity contribution in [2.75, 3.05) is 12.8 Å². The number of hydrogen-bond acceptors (Lipinski definition) is 4. The second-order valence-corrected chi connectivity index (χ2v) is 8.80. The zero-order chi connectivity index (χ0) is 15.5. The lowest BCUT2D eigenvalue weighted by Crippen LogP contribution is -2.41. The fourth-order valence-corrected chi connectivity index (χ4v) is 5.11. The Morgan fingerprint density at radius 2 is 2.05 bits per heavy atom. The molecule has 21 heavy (non-hydrogen) atoms. The van der Waals surface area contributed by atoms with Gasteiger partial charge < -0.3 is 10.3 Å². The Hall–Kier alpha value is -0.500. The molecule has 0 unspecified atom stereocenters. The van der Waals surface area contributed by atoms with Crippen LogP contribution in [-0.2, 0) is 23.6 Å². The van der Waals surface area contributed by atoms with Gasteiger partial charge in [-0.1, -0.05) is 19.3 Å². The maximum atomic E-state index is 12.4. The summed E-state index contributed by atoms with van der Waals surface area (Å²) in [7, 11) is -1.65. The molecule has 0 radical (unpaired) electrons. The Morgan fingerprint density at radius 1 is 1.38 bits per heavy atom. The summed E-state index contributed by atoms with van der Waals surface area (Å²) in [5.41, 5.74) is 6.41. The van der Waals surface area contributed by atoms with Crippen molar-refractivity contribution in [2.45, 2.75) is 48.3 Å². The zero-order valence-corrected chi connectivity index (χ0v) is 14.4. The van der Waals surface area contributed by atoms with E-state index in [1.807, 2.05) is 7.05 Å². The van der Waals surface area contributed by atoms with Crippen LogP contribution in [0.2, 0.25) is 0 Å². The number of nitrogens with two attached hydrogens (primary N) is 1. The Kier molecular flexibility index (Phi) is 5.40. The van der Waals surface area contributed by atoms with Crippen LogP contribution >= 0.6 is 11.8 Å². The van der Waals surface area contributed by atoms with Crippen LogP contribution in [0.3, 0.4) is 0 Å². The van der Waals surface area contributed by atoms with Crippen molar-refractivity contribution < 1.29 is 8.42 Å². The average Bonchev–Trinajstić information content (AvgIpc) is 2.88.